The number of carbonyl (C=O) groups excluding carboxylic acids is 1. The zero-order chi connectivity index (χ0) is 18.5. The zero-order valence-corrected chi connectivity index (χ0v) is 15.2. The number of amides is 1. The van der Waals surface area contributed by atoms with Crippen molar-refractivity contribution < 1.29 is 9.53 Å². The molecule has 1 unspecified atom stereocenters. The zero-order valence-electron chi connectivity index (χ0n) is 15.2. The first-order chi connectivity index (χ1) is 12.3. The number of nitrogens with one attached hydrogen (secondary N) is 1. The van der Waals surface area contributed by atoms with Gasteiger partial charge in [-0.3, -0.25) is 9.89 Å². The van der Waals surface area contributed by atoms with Crippen LogP contribution in [0.3, 0.4) is 0 Å². The minimum absolute atomic E-state index is 0.0269. The first kappa shape index (κ1) is 16.8. The summed E-state index contributed by atoms with van der Waals surface area (Å²) in [5.41, 5.74) is 1.81. The smallest absolute Gasteiger partial charge is 0.410 e. The van der Waals surface area contributed by atoms with E-state index in [1.54, 1.807) is 17.2 Å². The van der Waals surface area contributed by atoms with Crippen LogP contribution in [0.15, 0.2) is 23.1 Å². The number of aromatic amines is 1. The number of likely N-dealkylation sites (tertiary alicyclic amines) is 1. The summed E-state index contributed by atoms with van der Waals surface area (Å²) in [6, 6.07) is 3.60. The van der Waals surface area contributed by atoms with Crippen LogP contribution in [0.2, 0.25) is 0 Å². The normalized spacial score (nSPS) is 22.0. The highest BCUT2D eigenvalue weighted by Gasteiger charge is 2.38. The summed E-state index contributed by atoms with van der Waals surface area (Å²) in [5, 5.41) is 10.4. The van der Waals surface area contributed by atoms with Crippen molar-refractivity contribution in [2.24, 2.45) is 5.92 Å². The number of fused-ring (bicyclic) bond motifs is 4. The highest BCUT2D eigenvalue weighted by Crippen LogP contribution is 2.36. The molecule has 1 saturated heterocycles. The highest BCUT2D eigenvalue weighted by molar-refractivity contribution is 5.68. The van der Waals surface area contributed by atoms with Gasteiger partial charge in [-0.25, -0.2) is 4.79 Å². The van der Waals surface area contributed by atoms with Crippen LogP contribution >= 0.6 is 0 Å². The van der Waals surface area contributed by atoms with E-state index in [2.05, 4.69) is 15.4 Å². The molecule has 2 atom stereocenters. The van der Waals surface area contributed by atoms with Crippen molar-refractivity contribution in [3.63, 3.8) is 0 Å². The second-order valence-electron chi connectivity index (χ2n) is 8.16. The quantitative estimate of drug-likeness (QED) is 0.842. The van der Waals surface area contributed by atoms with E-state index in [1.165, 1.54) is 0 Å². The number of aromatic nitrogens is 4. The lowest BCUT2D eigenvalue weighted by Gasteiger charge is -2.43. The topological polar surface area (TPSA) is 93.1 Å². The van der Waals surface area contributed by atoms with Gasteiger partial charge >= 0.3 is 6.09 Å². The summed E-state index contributed by atoms with van der Waals surface area (Å²) < 4.78 is 7.37. The van der Waals surface area contributed by atoms with Crippen molar-refractivity contribution in [2.45, 2.75) is 45.3 Å². The predicted molar refractivity (Wildman–Crippen MR) is 94.7 cm³/mol. The number of piperidine rings is 1. The van der Waals surface area contributed by atoms with Crippen molar-refractivity contribution in [2.75, 3.05) is 13.1 Å². The third-order valence-corrected chi connectivity index (χ3v) is 4.92. The Kier molecular flexibility index (Phi) is 3.86. The van der Waals surface area contributed by atoms with Crippen LogP contribution < -0.4 is 5.56 Å². The molecular formula is C18H23N5O3. The summed E-state index contributed by atoms with van der Waals surface area (Å²) >= 11 is 0. The number of hydrogen-bond donors (Lipinski definition) is 1. The molecule has 138 valence electrons. The summed E-state index contributed by atoms with van der Waals surface area (Å²) in [5.74, 6) is 0.388. The molecule has 0 aromatic carbocycles. The van der Waals surface area contributed by atoms with Gasteiger partial charge in [0.2, 0.25) is 0 Å². The van der Waals surface area contributed by atoms with Gasteiger partial charge in [-0.2, -0.15) is 0 Å². The molecule has 0 radical (unpaired) electrons. The fourth-order valence-corrected chi connectivity index (χ4v) is 3.93. The molecule has 2 aromatic heterocycles. The number of pyridine rings is 1. The van der Waals surface area contributed by atoms with E-state index < -0.39 is 5.60 Å². The maximum absolute atomic E-state index is 12.6. The van der Waals surface area contributed by atoms with Crippen LogP contribution in [0.25, 0.3) is 11.3 Å². The largest absolute Gasteiger partial charge is 0.444 e. The number of carbonyl (C=O) groups is 1. The van der Waals surface area contributed by atoms with Crippen LogP contribution in [0.5, 0.6) is 0 Å². The molecule has 8 nitrogen and oxygen atoms in total. The third-order valence-electron chi connectivity index (χ3n) is 4.92. The highest BCUT2D eigenvalue weighted by atomic mass is 16.6. The second kappa shape index (κ2) is 5.96. The molecule has 0 aliphatic carbocycles. The lowest BCUT2D eigenvalue weighted by Crippen LogP contribution is -2.50. The first-order valence-electron chi connectivity index (χ1n) is 8.90. The molecule has 4 rings (SSSR count). The van der Waals surface area contributed by atoms with Crippen molar-refractivity contribution >= 4 is 6.09 Å². The number of nitrogens with zero attached hydrogens (tertiary/aromatic N) is 4. The Balaban J connectivity index is 1.65. The maximum Gasteiger partial charge on any atom is 0.410 e. The monoisotopic (exact) mass is 357 g/mol. The molecule has 2 aliphatic rings. The predicted octanol–water partition coefficient (Wildman–Crippen LogP) is 1.99. The van der Waals surface area contributed by atoms with E-state index in [-0.39, 0.29) is 23.5 Å². The number of H-pyrrole nitrogens is 1. The number of hydrogen-bond acceptors (Lipinski definition) is 5. The summed E-state index contributed by atoms with van der Waals surface area (Å²) in [4.78, 5) is 26.9. The van der Waals surface area contributed by atoms with E-state index in [0.717, 1.165) is 17.7 Å². The molecule has 0 saturated carbocycles. The van der Waals surface area contributed by atoms with E-state index in [1.807, 2.05) is 31.4 Å². The Labute approximate surface area is 151 Å². The molecule has 8 heteroatoms. The molecule has 1 N–H and O–H groups in total. The van der Waals surface area contributed by atoms with Gasteiger partial charge in [-0.15, -0.1) is 5.10 Å². The van der Waals surface area contributed by atoms with Gasteiger partial charge in [0.1, 0.15) is 11.3 Å². The minimum Gasteiger partial charge on any atom is -0.444 e. The molecule has 4 heterocycles. The van der Waals surface area contributed by atoms with Gasteiger partial charge in [-0.05, 0) is 39.2 Å². The SMILES string of the molecule is CC(C)(C)OC(=O)N1CC2C[C@@H](C1)c1cc(-c3c[nH]nn3)cc(=O)n1C2. The summed E-state index contributed by atoms with van der Waals surface area (Å²) in [6.45, 7) is 7.43. The van der Waals surface area contributed by atoms with Crippen molar-refractivity contribution in [3.8, 4) is 11.3 Å². The van der Waals surface area contributed by atoms with Crippen LogP contribution in [-0.4, -0.2) is 49.7 Å². The lowest BCUT2D eigenvalue weighted by molar-refractivity contribution is 0.0102. The van der Waals surface area contributed by atoms with E-state index in [0.29, 0.717) is 25.3 Å². The van der Waals surface area contributed by atoms with Crippen LogP contribution in [0.4, 0.5) is 4.79 Å². The van der Waals surface area contributed by atoms with Crippen LogP contribution in [-0.2, 0) is 11.3 Å². The van der Waals surface area contributed by atoms with E-state index >= 15 is 0 Å². The third kappa shape index (κ3) is 3.11. The first-order valence-corrected chi connectivity index (χ1v) is 8.90. The van der Waals surface area contributed by atoms with E-state index in [9.17, 15) is 9.59 Å². The van der Waals surface area contributed by atoms with Gasteiger partial charge < -0.3 is 14.2 Å². The molecule has 1 fully saturated rings. The Hall–Kier alpha value is -2.64. The van der Waals surface area contributed by atoms with Crippen LogP contribution in [0, 0.1) is 5.92 Å². The minimum atomic E-state index is -0.515. The molecular weight excluding hydrogens is 334 g/mol. The fourth-order valence-electron chi connectivity index (χ4n) is 3.93. The average Bonchev–Trinajstić information content (AvgIpc) is 3.08. The average molecular weight is 357 g/mol. The van der Waals surface area contributed by atoms with Gasteiger partial charge in [0, 0.05) is 49.1 Å². The van der Waals surface area contributed by atoms with Gasteiger partial charge in [0.05, 0.1) is 0 Å². The summed E-state index contributed by atoms with van der Waals surface area (Å²) in [6.07, 6.45) is 2.36. The molecule has 0 spiro atoms. The van der Waals surface area contributed by atoms with Crippen molar-refractivity contribution in [3.05, 3.63) is 34.4 Å². The van der Waals surface area contributed by atoms with Crippen molar-refractivity contribution in [1.29, 1.82) is 0 Å². The fraction of sp³-hybridized carbons (Fsp3) is 0.556. The molecule has 2 aliphatic heterocycles. The number of rotatable bonds is 1. The standard InChI is InChI=1S/C18H23N5O3/c1-18(2,3)26-17(25)22-8-11-4-13(10-22)15-5-12(14-7-19-21-20-14)6-16(24)23(15)9-11/h5-7,11,13H,4,8-10H2,1-3H3,(H,19,20,21)/t11?,13-/m0/s1. The Bertz CT molecular complexity index is 881. The Morgan fingerprint density at radius 1 is 1.27 bits per heavy atom. The van der Waals surface area contributed by atoms with Gasteiger partial charge in [0.15, 0.2) is 0 Å². The van der Waals surface area contributed by atoms with Gasteiger partial charge in [-0.1, -0.05) is 5.21 Å². The van der Waals surface area contributed by atoms with Crippen molar-refractivity contribution in [1.82, 2.24) is 24.9 Å². The lowest BCUT2D eigenvalue weighted by atomic mass is 9.83. The number of ether oxygens (including phenoxy) is 1. The molecule has 1 amide bonds. The Morgan fingerprint density at radius 2 is 2.08 bits per heavy atom. The molecule has 2 bridgehead atoms. The Morgan fingerprint density at radius 3 is 2.77 bits per heavy atom. The molecule has 2 aromatic rings. The van der Waals surface area contributed by atoms with E-state index in [4.69, 9.17) is 4.74 Å². The van der Waals surface area contributed by atoms with Gasteiger partial charge in [0.25, 0.3) is 5.56 Å². The summed E-state index contributed by atoms with van der Waals surface area (Å²) in [7, 11) is 0. The van der Waals surface area contributed by atoms with Crippen LogP contribution in [0.1, 0.15) is 38.8 Å². The second-order valence-corrected chi connectivity index (χ2v) is 8.16. The maximum atomic E-state index is 12.6. The molecule has 26 heavy (non-hydrogen) atoms.